The number of hydrogen-bond acceptors (Lipinski definition) is 3. The van der Waals surface area contributed by atoms with Crippen LogP contribution in [0.5, 0.6) is 0 Å². The fourth-order valence-electron chi connectivity index (χ4n) is 1.16. The molecule has 2 aromatic heterocycles. The number of halogens is 1. The van der Waals surface area contributed by atoms with Crippen LogP contribution in [0.2, 0.25) is 5.02 Å². The van der Waals surface area contributed by atoms with Crippen LogP contribution in [-0.4, -0.2) is 4.98 Å². The van der Waals surface area contributed by atoms with E-state index in [1.165, 1.54) is 0 Å². The maximum Gasteiger partial charge on any atom is 0.142 e. The summed E-state index contributed by atoms with van der Waals surface area (Å²) in [6.07, 6.45) is 0. The van der Waals surface area contributed by atoms with Crippen LogP contribution in [0.15, 0.2) is 12.1 Å². The molecule has 0 amide bonds. The highest BCUT2D eigenvalue weighted by Crippen LogP contribution is 2.30. The lowest BCUT2D eigenvalue weighted by atomic mass is 10.3. The van der Waals surface area contributed by atoms with Gasteiger partial charge in [-0.05, 0) is 19.1 Å². The van der Waals surface area contributed by atoms with Crippen molar-refractivity contribution in [2.45, 2.75) is 6.92 Å². The predicted octanol–water partition coefficient (Wildman–Crippen LogP) is 3.13. The van der Waals surface area contributed by atoms with Crippen LogP contribution in [0.1, 0.15) is 10.6 Å². The van der Waals surface area contributed by atoms with Gasteiger partial charge >= 0.3 is 0 Å². The van der Waals surface area contributed by atoms with Gasteiger partial charge in [0, 0.05) is 4.88 Å². The summed E-state index contributed by atoms with van der Waals surface area (Å²) in [5.74, 6) is 0. The van der Waals surface area contributed by atoms with E-state index in [2.05, 4.69) is 4.98 Å². The first-order valence-electron chi connectivity index (χ1n) is 3.67. The molecule has 0 bridgehead atoms. The molecule has 2 nitrogen and oxygen atoms in total. The average Bonchev–Trinajstić information content (AvgIpc) is 2.46. The summed E-state index contributed by atoms with van der Waals surface area (Å²) in [7, 11) is 0. The van der Waals surface area contributed by atoms with Gasteiger partial charge in [-0.25, -0.2) is 4.98 Å². The van der Waals surface area contributed by atoms with E-state index in [9.17, 15) is 0 Å². The Bertz CT molecular complexity index is 510. The van der Waals surface area contributed by atoms with Crippen molar-refractivity contribution >= 4 is 33.2 Å². The third kappa shape index (κ3) is 1.39. The Morgan fingerprint density at radius 3 is 3.00 bits per heavy atom. The summed E-state index contributed by atoms with van der Waals surface area (Å²) < 4.78 is 0.957. The summed E-state index contributed by atoms with van der Waals surface area (Å²) in [6.45, 7) is 1.99. The Morgan fingerprint density at radius 1 is 1.54 bits per heavy atom. The summed E-state index contributed by atoms with van der Waals surface area (Å²) in [4.78, 5) is 5.29. The van der Waals surface area contributed by atoms with E-state index in [1.807, 2.05) is 19.1 Å². The van der Waals surface area contributed by atoms with Crippen LogP contribution in [0.25, 0.3) is 10.2 Å². The smallest absolute Gasteiger partial charge is 0.142 e. The Kier molecular flexibility index (Phi) is 1.95. The van der Waals surface area contributed by atoms with Crippen LogP contribution in [0.3, 0.4) is 0 Å². The van der Waals surface area contributed by atoms with E-state index in [4.69, 9.17) is 16.9 Å². The predicted molar refractivity (Wildman–Crippen MR) is 54.1 cm³/mol. The maximum atomic E-state index is 8.66. The Hall–Kier alpha value is -1.11. The molecule has 0 spiro atoms. The molecule has 0 atom stereocenters. The zero-order valence-corrected chi connectivity index (χ0v) is 8.41. The number of aromatic nitrogens is 1. The van der Waals surface area contributed by atoms with Crippen molar-refractivity contribution < 1.29 is 0 Å². The molecular weight excluding hydrogens is 204 g/mol. The van der Waals surface area contributed by atoms with E-state index in [0.29, 0.717) is 10.7 Å². The topological polar surface area (TPSA) is 36.7 Å². The first-order valence-corrected chi connectivity index (χ1v) is 4.87. The van der Waals surface area contributed by atoms with Crippen molar-refractivity contribution in [3.8, 4) is 6.07 Å². The van der Waals surface area contributed by atoms with Crippen molar-refractivity contribution in [3.63, 3.8) is 0 Å². The average molecular weight is 209 g/mol. The van der Waals surface area contributed by atoms with Crippen LogP contribution >= 0.6 is 22.9 Å². The van der Waals surface area contributed by atoms with Gasteiger partial charge in [0.05, 0.1) is 15.2 Å². The minimum atomic E-state index is 0.371. The molecule has 13 heavy (non-hydrogen) atoms. The number of aryl methyl sites for hydroxylation is 1. The molecule has 4 heteroatoms. The van der Waals surface area contributed by atoms with Gasteiger partial charge in [0.15, 0.2) is 0 Å². The second-order valence-electron chi connectivity index (χ2n) is 2.67. The second kappa shape index (κ2) is 2.99. The molecule has 0 aromatic carbocycles. The maximum absolute atomic E-state index is 8.66. The van der Waals surface area contributed by atoms with Crippen LogP contribution in [0, 0.1) is 18.3 Å². The zero-order valence-electron chi connectivity index (χ0n) is 6.84. The van der Waals surface area contributed by atoms with Crippen molar-refractivity contribution in [3.05, 3.63) is 27.7 Å². The SMILES string of the molecule is Cc1cc2nc(C#N)cc(Cl)c2s1. The van der Waals surface area contributed by atoms with Gasteiger partial charge in [-0.15, -0.1) is 11.3 Å². The minimum Gasteiger partial charge on any atom is -0.236 e. The molecule has 2 rings (SSSR count). The fourth-order valence-corrected chi connectivity index (χ4v) is 2.33. The van der Waals surface area contributed by atoms with Crippen molar-refractivity contribution in [1.82, 2.24) is 4.98 Å². The second-order valence-corrected chi connectivity index (χ2v) is 4.34. The Morgan fingerprint density at radius 2 is 2.31 bits per heavy atom. The summed E-state index contributed by atoms with van der Waals surface area (Å²) in [5, 5.41) is 9.27. The lowest BCUT2D eigenvalue weighted by Crippen LogP contribution is -1.81. The lowest BCUT2D eigenvalue weighted by Gasteiger charge is -1.92. The van der Waals surface area contributed by atoms with Crippen molar-refractivity contribution in [2.24, 2.45) is 0 Å². The van der Waals surface area contributed by atoms with E-state index in [-0.39, 0.29) is 0 Å². The normalized spacial score (nSPS) is 10.2. The van der Waals surface area contributed by atoms with Crippen LogP contribution in [0.4, 0.5) is 0 Å². The molecule has 0 aliphatic heterocycles. The monoisotopic (exact) mass is 208 g/mol. The van der Waals surface area contributed by atoms with Gasteiger partial charge in [-0.2, -0.15) is 5.26 Å². The minimum absolute atomic E-state index is 0.371. The van der Waals surface area contributed by atoms with Crippen molar-refractivity contribution in [2.75, 3.05) is 0 Å². The van der Waals surface area contributed by atoms with E-state index in [1.54, 1.807) is 17.4 Å². The number of nitrogens with zero attached hydrogens (tertiary/aromatic N) is 2. The summed E-state index contributed by atoms with van der Waals surface area (Å²) >= 11 is 7.57. The lowest BCUT2D eigenvalue weighted by molar-refractivity contribution is 1.33. The van der Waals surface area contributed by atoms with Gasteiger partial charge in [0.2, 0.25) is 0 Å². The Balaban J connectivity index is 2.85. The third-order valence-electron chi connectivity index (χ3n) is 1.67. The highest BCUT2D eigenvalue weighted by atomic mass is 35.5. The number of rotatable bonds is 0. The first kappa shape index (κ1) is 8.49. The number of pyridine rings is 1. The van der Waals surface area contributed by atoms with E-state index in [0.717, 1.165) is 15.1 Å². The quantitative estimate of drug-likeness (QED) is 0.667. The van der Waals surface area contributed by atoms with Crippen LogP contribution < -0.4 is 0 Å². The summed E-state index contributed by atoms with van der Waals surface area (Å²) in [5.41, 5.74) is 1.18. The fraction of sp³-hybridized carbons (Fsp3) is 0.111. The Labute approximate surface area is 84.4 Å². The third-order valence-corrected chi connectivity index (χ3v) is 3.15. The molecule has 2 heterocycles. The molecule has 0 unspecified atom stereocenters. The first-order chi connectivity index (χ1) is 6.20. The van der Waals surface area contributed by atoms with Gasteiger partial charge in [0.25, 0.3) is 0 Å². The van der Waals surface area contributed by atoms with Gasteiger partial charge < -0.3 is 0 Å². The number of thiophene rings is 1. The molecule has 0 aliphatic rings. The molecule has 0 aliphatic carbocycles. The standard InChI is InChI=1S/C9H5ClN2S/c1-5-2-8-9(13-5)7(10)3-6(4-11)12-8/h2-3H,1H3. The molecule has 0 saturated carbocycles. The largest absolute Gasteiger partial charge is 0.236 e. The number of fused-ring (bicyclic) bond motifs is 1. The highest BCUT2D eigenvalue weighted by molar-refractivity contribution is 7.19. The van der Waals surface area contributed by atoms with Crippen LogP contribution in [-0.2, 0) is 0 Å². The van der Waals surface area contributed by atoms with E-state index >= 15 is 0 Å². The summed E-state index contributed by atoms with van der Waals surface area (Å²) in [6, 6.07) is 5.51. The van der Waals surface area contributed by atoms with E-state index < -0.39 is 0 Å². The zero-order chi connectivity index (χ0) is 9.42. The molecule has 64 valence electrons. The molecular formula is C9H5ClN2S. The molecule has 0 radical (unpaired) electrons. The number of hydrogen-bond donors (Lipinski definition) is 0. The van der Waals surface area contributed by atoms with Crippen molar-refractivity contribution in [1.29, 1.82) is 5.26 Å². The molecule has 0 N–H and O–H groups in total. The van der Waals surface area contributed by atoms with Gasteiger partial charge in [0.1, 0.15) is 11.8 Å². The molecule has 0 fully saturated rings. The number of nitriles is 1. The van der Waals surface area contributed by atoms with Gasteiger partial charge in [-0.1, -0.05) is 11.6 Å². The highest BCUT2D eigenvalue weighted by Gasteiger charge is 2.06. The molecule has 2 aromatic rings. The molecule has 0 saturated heterocycles. The van der Waals surface area contributed by atoms with Gasteiger partial charge in [-0.3, -0.25) is 0 Å².